The Bertz CT molecular complexity index is 553. The van der Waals surface area contributed by atoms with Crippen LogP contribution < -0.4 is 10.1 Å². The summed E-state index contributed by atoms with van der Waals surface area (Å²) in [5.41, 5.74) is 1.71. The molecule has 0 unspecified atom stereocenters. The highest BCUT2D eigenvalue weighted by atomic mass is 35.5. The number of hydrogen-bond acceptors (Lipinski definition) is 3. The lowest BCUT2D eigenvalue weighted by molar-refractivity contribution is 0.103. The third kappa shape index (κ3) is 3.03. The molecule has 0 radical (unpaired) electrons. The van der Waals surface area contributed by atoms with Crippen LogP contribution >= 0.6 is 22.9 Å². The molecule has 0 bridgehead atoms. The smallest absolute Gasteiger partial charge is 0.265 e. The van der Waals surface area contributed by atoms with E-state index in [0.717, 1.165) is 11.3 Å². The summed E-state index contributed by atoms with van der Waals surface area (Å²) in [6.45, 7) is 0. The summed E-state index contributed by atoms with van der Waals surface area (Å²) in [6.07, 6.45) is 0. The monoisotopic (exact) mass is 281 g/mol. The van der Waals surface area contributed by atoms with Gasteiger partial charge in [0.2, 0.25) is 0 Å². The van der Waals surface area contributed by atoms with E-state index in [2.05, 4.69) is 5.32 Å². The van der Waals surface area contributed by atoms with Crippen LogP contribution in [0.1, 0.15) is 15.2 Å². The molecule has 1 aromatic carbocycles. The number of carbonyl (C=O) groups is 1. The van der Waals surface area contributed by atoms with Crippen molar-refractivity contribution in [2.45, 2.75) is 5.88 Å². The second kappa shape index (κ2) is 5.89. The molecule has 0 saturated heterocycles. The predicted molar refractivity (Wildman–Crippen MR) is 74.8 cm³/mol. The second-order valence-electron chi connectivity index (χ2n) is 3.64. The summed E-state index contributed by atoms with van der Waals surface area (Å²) in [4.78, 5) is 12.6. The first-order chi connectivity index (χ1) is 8.72. The molecule has 0 spiro atoms. The highest BCUT2D eigenvalue weighted by Crippen LogP contribution is 2.22. The summed E-state index contributed by atoms with van der Waals surface area (Å²) in [5, 5.41) is 4.62. The molecule has 2 rings (SSSR count). The van der Waals surface area contributed by atoms with Crippen LogP contribution in [0.3, 0.4) is 0 Å². The molecule has 0 aliphatic carbocycles. The van der Waals surface area contributed by atoms with Crippen molar-refractivity contribution in [3.63, 3.8) is 0 Å². The Labute approximate surface area is 114 Å². The fraction of sp³-hybridized carbons (Fsp3) is 0.154. The number of alkyl halides is 1. The van der Waals surface area contributed by atoms with Gasteiger partial charge < -0.3 is 10.1 Å². The van der Waals surface area contributed by atoms with Gasteiger partial charge in [-0.3, -0.25) is 4.79 Å². The van der Waals surface area contributed by atoms with Gasteiger partial charge in [0.15, 0.2) is 0 Å². The zero-order chi connectivity index (χ0) is 13.0. The quantitative estimate of drug-likeness (QED) is 0.867. The van der Waals surface area contributed by atoms with Gasteiger partial charge in [-0.15, -0.1) is 22.9 Å². The minimum Gasteiger partial charge on any atom is -0.496 e. The number of anilines is 1. The number of ether oxygens (including phenoxy) is 1. The van der Waals surface area contributed by atoms with Gasteiger partial charge in [-0.1, -0.05) is 12.1 Å². The lowest BCUT2D eigenvalue weighted by Crippen LogP contribution is -2.10. The summed E-state index contributed by atoms with van der Waals surface area (Å²) in [6, 6.07) is 9.18. The van der Waals surface area contributed by atoms with Crippen LogP contribution in [-0.4, -0.2) is 13.0 Å². The molecule has 1 aromatic heterocycles. The van der Waals surface area contributed by atoms with Crippen LogP contribution in [0.2, 0.25) is 0 Å². The van der Waals surface area contributed by atoms with Gasteiger partial charge in [0, 0.05) is 23.0 Å². The molecule has 5 heteroatoms. The number of hydrogen-bond donors (Lipinski definition) is 1. The van der Waals surface area contributed by atoms with Gasteiger partial charge in [-0.2, -0.15) is 0 Å². The minimum atomic E-state index is -0.143. The van der Waals surface area contributed by atoms with Crippen molar-refractivity contribution in [2.24, 2.45) is 0 Å². The normalized spacial score (nSPS) is 10.1. The van der Waals surface area contributed by atoms with Crippen LogP contribution in [0.4, 0.5) is 5.69 Å². The van der Waals surface area contributed by atoms with Gasteiger partial charge in [-0.25, -0.2) is 0 Å². The van der Waals surface area contributed by atoms with Crippen LogP contribution in [0.25, 0.3) is 0 Å². The minimum absolute atomic E-state index is 0.143. The summed E-state index contributed by atoms with van der Waals surface area (Å²) in [5.74, 6) is 0.978. The highest BCUT2D eigenvalue weighted by Gasteiger charge is 2.09. The molecule has 0 atom stereocenters. The van der Waals surface area contributed by atoms with E-state index in [0.29, 0.717) is 16.5 Å². The topological polar surface area (TPSA) is 38.3 Å². The van der Waals surface area contributed by atoms with Crippen molar-refractivity contribution < 1.29 is 9.53 Å². The number of thiophene rings is 1. The Balaban J connectivity index is 2.10. The van der Waals surface area contributed by atoms with E-state index in [-0.39, 0.29) is 5.91 Å². The van der Waals surface area contributed by atoms with Crippen molar-refractivity contribution in [3.8, 4) is 5.75 Å². The molecular formula is C13H12ClNO2S. The summed E-state index contributed by atoms with van der Waals surface area (Å²) in [7, 11) is 1.58. The van der Waals surface area contributed by atoms with E-state index < -0.39 is 0 Å². The van der Waals surface area contributed by atoms with E-state index in [1.165, 1.54) is 11.3 Å². The van der Waals surface area contributed by atoms with Gasteiger partial charge >= 0.3 is 0 Å². The molecule has 3 nitrogen and oxygen atoms in total. The Hall–Kier alpha value is -1.52. The molecule has 1 amide bonds. The van der Waals surface area contributed by atoms with Crippen molar-refractivity contribution in [1.29, 1.82) is 0 Å². The maximum absolute atomic E-state index is 12.0. The standard InChI is InChI=1S/C13H12ClNO2S/c1-17-11-6-12(18-8-11)13(16)15-10-4-2-3-9(5-10)7-14/h2-6,8H,7H2,1H3,(H,15,16). The maximum atomic E-state index is 12.0. The maximum Gasteiger partial charge on any atom is 0.265 e. The number of methoxy groups -OCH3 is 1. The van der Waals surface area contributed by atoms with Gasteiger partial charge in [0.1, 0.15) is 5.75 Å². The number of benzene rings is 1. The van der Waals surface area contributed by atoms with E-state index >= 15 is 0 Å². The second-order valence-corrected chi connectivity index (χ2v) is 4.82. The van der Waals surface area contributed by atoms with E-state index in [9.17, 15) is 4.79 Å². The average Bonchev–Trinajstić information content (AvgIpc) is 2.88. The van der Waals surface area contributed by atoms with E-state index in [4.69, 9.17) is 16.3 Å². The Morgan fingerprint density at radius 1 is 1.44 bits per heavy atom. The molecule has 18 heavy (non-hydrogen) atoms. The SMILES string of the molecule is COc1csc(C(=O)Nc2cccc(CCl)c2)c1. The fourth-order valence-corrected chi connectivity index (χ4v) is 2.39. The van der Waals surface area contributed by atoms with Crippen molar-refractivity contribution in [3.05, 3.63) is 46.2 Å². The van der Waals surface area contributed by atoms with Crippen LogP contribution in [0.5, 0.6) is 5.75 Å². The number of carbonyl (C=O) groups excluding carboxylic acids is 1. The molecule has 1 N–H and O–H groups in total. The number of rotatable bonds is 4. The summed E-state index contributed by atoms with van der Waals surface area (Å²) >= 11 is 7.10. The molecule has 0 aliphatic rings. The molecule has 94 valence electrons. The largest absolute Gasteiger partial charge is 0.496 e. The predicted octanol–water partition coefficient (Wildman–Crippen LogP) is 3.75. The first kappa shape index (κ1) is 12.9. The molecule has 2 aromatic rings. The molecule has 0 fully saturated rings. The van der Waals surface area contributed by atoms with E-state index in [1.54, 1.807) is 18.6 Å². The van der Waals surface area contributed by atoms with Crippen LogP contribution in [0.15, 0.2) is 35.7 Å². The Morgan fingerprint density at radius 3 is 2.94 bits per heavy atom. The lowest BCUT2D eigenvalue weighted by atomic mass is 10.2. The van der Waals surface area contributed by atoms with Crippen LogP contribution in [0, 0.1) is 0 Å². The molecule has 0 aliphatic heterocycles. The van der Waals surface area contributed by atoms with E-state index in [1.807, 2.05) is 24.3 Å². The van der Waals surface area contributed by atoms with Crippen LogP contribution in [-0.2, 0) is 5.88 Å². The fourth-order valence-electron chi connectivity index (χ4n) is 1.47. The summed E-state index contributed by atoms with van der Waals surface area (Å²) < 4.78 is 5.04. The zero-order valence-corrected chi connectivity index (χ0v) is 11.3. The average molecular weight is 282 g/mol. The molecular weight excluding hydrogens is 270 g/mol. The van der Waals surface area contributed by atoms with Gasteiger partial charge in [-0.05, 0) is 17.7 Å². The van der Waals surface area contributed by atoms with Crippen molar-refractivity contribution in [1.82, 2.24) is 0 Å². The van der Waals surface area contributed by atoms with Gasteiger partial charge in [0.05, 0.1) is 12.0 Å². The number of amides is 1. The van der Waals surface area contributed by atoms with Gasteiger partial charge in [0.25, 0.3) is 5.91 Å². The number of halogens is 1. The zero-order valence-electron chi connectivity index (χ0n) is 9.77. The first-order valence-electron chi connectivity index (χ1n) is 5.31. The Kier molecular flexibility index (Phi) is 4.23. The first-order valence-corrected chi connectivity index (χ1v) is 6.73. The third-order valence-electron chi connectivity index (χ3n) is 2.37. The molecule has 1 heterocycles. The third-order valence-corrected chi connectivity index (χ3v) is 3.59. The number of nitrogens with one attached hydrogen (secondary N) is 1. The van der Waals surface area contributed by atoms with Crippen molar-refractivity contribution >= 4 is 34.5 Å². The lowest BCUT2D eigenvalue weighted by Gasteiger charge is -2.04. The highest BCUT2D eigenvalue weighted by molar-refractivity contribution is 7.12. The Morgan fingerprint density at radius 2 is 2.28 bits per heavy atom. The molecule has 0 saturated carbocycles. The van der Waals surface area contributed by atoms with Crippen molar-refractivity contribution in [2.75, 3.05) is 12.4 Å².